The van der Waals surface area contributed by atoms with Gasteiger partial charge in [-0.3, -0.25) is 0 Å². The van der Waals surface area contributed by atoms with E-state index in [1.54, 1.807) is 13.2 Å². The lowest BCUT2D eigenvalue weighted by molar-refractivity contribution is 0.415. The normalized spacial score (nSPS) is 10.5. The van der Waals surface area contributed by atoms with Crippen LogP contribution in [0.3, 0.4) is 0 Å². The predicted molar refractivity (Wildman–Crippen MR) is 79.5 cm³/mol. The van der Waals surface area contributed by atoms with Gasteiger partial charge >= 0.3 is 0 Å². The quantitative estimate of drug-likeness (QED) is 0.700. The number of ether oxygens (including phenoxy) is 1. The molecule has 1 heterocycles. The van der Waals surface area contributed by atoms with Gasteiger partial charge in [0.2, 0.25) is 0 Å². The minimum atomic E-state index is -0.296. The third-order valence-corrected chi connectivity index (χ3v) is 3.85. The van der Waals surface area contributed by atoms with Crippen LogP contribution in [0.4, 0.5) is 4.39 Å². The number of aromatic nitrogens is 1. The first-order valence-electron chi connectivity index (χ1n) is 6.13. The summed E-state index contributed by atoms with van der Waals surface area (Å²) >= 11 is 1.53. The molecule has 4 heteroatoms. The van der Waals surface area contributed by atoms with Crippen molar-refractivity contribution < 1.29 is 9.13 Å². The molecular formula is C16H12FNOS. The Morgan fingerprint density at radius 3 is 2.65 bits per heavy atom. The molecule has 0 saturated heterocycles. The number of hydrogen-bond donors (Lipinski definition) is 0. The third kappa shape index (κ3) is 2.42. The number of thiazole rings is 1. The molecule has 2 nitrogen and oxygen atoms in total. The first kappa shape index (κ1) is 12.8. The maximum absolute atomic E-state index is 13.4. The highest BCUT2D eigenvalue weighted by Crippen LogP contribution is 2.34. The Hall–Kier alpha value is -2.20. The van der Waals surface area contributed by atoms with E-state index < -0.39 is 0 Å². The third-order valence-electron chi connectivity index (χ3n) is 2.96. The molecule has 0 aliphatic rings. The summed E-state index contributed by atoms with van der Waals surface area (Å²) in [6.07, 6.45) is 0. The molecule has 0 atom stereocenters. The fourth-order valence-corrected chi connectivity index (χ4v) is 2.82. The van der Waals surface area contributed by atoms with E-state index in [2.05, 4.69) is 4.98 Å². The van der Waals surface area contributed by atoms with Crippen molar-refractivity contribution in [3.63, 3.8) is 0 Å². The van der Waals surface area contributed by atoms with Crippen LogP contribution in [0.15, 0.2) is 53.9 Å². The molecule has 3 rings (SSSR count). The highest BCUT2D eigenvalue weighted by atomic mass is 32.1. The standard InChI is InChI=1S/C16H12FNOS/c1-19-15-8-7-12(17)9-13(15)14-10-20-16(18-14)11-5-3-2-4-6-11/h2-10H,1H3. The summed E-state index contributed by atoms with van der Waals surface area (Å²) in [6, 6.07) is 14.4. The molecule has 0 spiro atoms. The molecule has 0 aliphatic carbocycles. The van der Waals surface area contributed by atoms with Gasteiger partial charge in [-0.2, -0.15) is 0 Å². The molecule has 0 N–H and O–H groups in total. The summed E-state index contributed by atoms with van der Waals surface area (Å²) in [5.41, 5.74) is 2.45. The van der Waals surface area contributed by atoms with Crippen molar-refractivity contribution in [1.82, 2.24) is 4.98 Å². The van der Waals surface area contributed by atoms with E-state index in [-0.39, 0.29) is 5.82 Å². The fourth-order valence-electron chi connectivity index (χ4n) is 1.99. The molecule has 0 saturated carbocycles. The van der Waals surface area contributed by atoms with Crippen LogP contribution in [0.2, 0.25) is 0 Å². The van der Waals surface area contributed by atoms with Crippen molar-refractivity contribution in [2.24, 2.45) is 0 Å². The van der Waals surface area contributed by atoms with Crippen molar-refractivity contribution >= 4 is 11.3 Å². The monoisotopic (exact) mass is 285 g/mol. The minimum absolute atomic E-state index is 0.296. The summed E-state index contributed by atoms with van der Waals surface area (Å²) in [5, 5.41) is 2.83. The topological polar surface area (TPSA) is 22.1 Å². The van der Waals surface area contributed by atoms with Gasteiger partial charge in [-0.05, 0) is 18.2 Å². The molecule has 0 bridgehead atoms. The summed E-state index contributed by atoms with van der Waals surface area (Å²) in [4.78, 5) is 4.57. The van der Waals surface area contributed by atoms with Crippen molar-refractivity contribution in [3.8, 4) is 27.6 Å². The molecule has 1 aromatic heterocycles. The average Bonchev–Trinajstić information content (AvgIpc) is 2.98. The van der Waals surface area contributed by atoms with Gasteiger partial charge in [0.1, 0.15) is 16.6 Å². The largest absolute Gasteiger partial charge is 0.496 e. The molecule has 100 valence electrons. The van der Waals surface area contributed by atoms with Crippen molar-refractivity contribution in [2.75, 3.05) is 7.11 Å². The number of benzene rings is 2. The Kier molecular flexibility index (Phi) is 3.48. The van der Waals surface area contributed by atoms with Gasteiger partial charge in [0, 0.05) is 16.5 Å². The van der Waals surface area contributed by atoms with Crippen LogP contribution >= 0.6 is 11.3 Å². The Morgan fingerprint density at radius 1 is 1.10 bits per heavy atom. The molecule has 0 aliphatic heterocycles. The van der Waals surface area contributed by atoms with E-state index in [0.717, 1.165) is 16.3 Å². The summed E-state index contributed by atoms with van der Waals surface area (Å²) in [7, 11) is 1.57. The smallest absolute Gasteiger partial charge is 0.128 e. The number of rotatable bonds is 3. The Labute approximate surface area is 120 Å². The van der Waals surface area contributed by atoms with E-state index in [9.17, 15) is 4.39 Å². The van der Waals surface area contributed by atoms with Gasteiger partial charge < -0.3 is 4.74 Å². The number of halogens is 1. The lowest BCUT2D eigenvalue weighted by Crippen LogP contribution is -1.89. The summed E-state index contributed by atoms with van der Waals surface area (Å²) < 4.78 is 18.7. The second-order valence-corrected chi connectivity index (χ2v) is 5.11. The summed E-state index contributed by atoms with van der Waals surface area (Å²) in [5.74, 6) is 0.325. The van der Waals surface area contributed by atoms with Crippen molar-refractivity contribution in [1.29, 1.82) is 0 Å². The SMILES string of the molecule is COc1ccc(F)cc1-c1csc(-c2ccccc2)n1. The Balaban J connectivity index is 2.04. The van der Waals surface area contributed by atoms with E-state index in [1.807, 2.05) is 35.7 Å². The molecule has 2 aromatic carbocycles. The van der Waals surface area contributed by atoms with Gasteiger partial charge in [0.15, 0.2) is 0 Å². The molecule has 0 fully saturated rings. The van der Waals surface area contributed by atoms with Gasteiger partial charge in [-0.1, -0.05) is 30.3 Å². The van der Waals surface area contributed by atoms with Gasteiger partial charge in [0.05, 0.1) is 12.8 Å². The molecule has 20 heavy (non-hydrogen) atoms. The van der Waals surface area contributed by atoms with Gasteiger partial charge in [-0.25, -0.2) is 9.37 Å². The van der Waals surface area contributed by atoms with E-state index in [1.165, 1.54) is 23.5 Å². The maximum atomic E-state index is 13.4. The molecular weight excluding hydrogens is 273 g/mol. The van der Waals surface area contributed by atoms with E-state index >= 15 is 0 Å². The van der Waals surface area contributed by atoms with Crippen LogP contribution in [-0.2, 0) is 0 Å². The maximum Gasteiger partial charge on any atom is 0.128 e. The first-order chi connectivity index (χ1) is 9.78. The second kappa shape index (κ2) is 5.43. The average molecular weight is 285 g/mol. The van der Waals surface area contributed by atoms with Crippen molar-refractivity contribution in [2.45, 2.75) is 0 Å². The number of nitrogens with zero attached hydrogens (tertiary/aromatic N) is 1. The van der Waals surface area contributed by atoms with Crippen LogP contribution in [0.5, 0.6) is 5.75 Å². The fraction of sp³-hybridized carbons (Fsp3) is 0.0625. The lowest BCUT2D eigenvalue weighted by atomic mass is 10.1. The van der Waals surface area contributed by atoms with E-state index in [4.69, 9.17) is 4.74 Å². The Bertz CT molecular complexity index is 724. The number of hydrogen-bond acceptors (Lipinski definition) is 3. The zero-order chi connectivity index (χ0) is 13.9. The van der Waals surface area contributed by atoms with Crippen molar-refractivity contribution in [3.05, 3.63) is 59.7 Å². The van der Waals surface area contributed by atoms with Gasteiger partial charge in [0.25, 0.3) is 0 Å². The molecule has 0 radical (unpaired) electrons. The van der Waals surface area contributed by atoms with Crippen LogP contribution in [0.1, 0.15) is 0 Å². The Morgan fingerprint density at radius 2 is 1.90 bits per heavy atom. The second-order valence-electron chi connectivity index (χ2n) is 4.25. The van der Waals surface area contributed by atoms with Crippen LogP contribution < -0.4 is 4.74 Å². The van der Waals surface area contributed by atoms with Crippen LogP contribution in [-0.4, -0.2) is 12.1 Å². The van der Waals surface area contributed by atoms with Crippen LogP contribution in [0, 0.1) is 5.82 Å². The zero-order valence-corrected chi connectivity index (χ0v) is 11.7. The highest BCUT2D eigenvalue weighted by Gasteiger charge is 2.12. The summed E-state index contributed by atoms with van der Waals surface area (Å²) in [6.45, 7) is 0. The zero-order valence-electron chi connectivity index (χ0n) is 10.8. The first-order valence-corrected chi connectivity index (χ1v) is 7.01. The van der Waals surface area contributed by atoms with Gasteiger partial charge in [-0.15, -0.1) is 11.3 Å². The van der Waals surface area contributed by atoms with E-state index in [0.29, 0.717) is 11.3 Å². The number of methoxy groups -OCH3 is 1. The molecule has 0 unspecified atom stereocenters. The molecule has 0 amide bonds. The minimum Gasteiger partial charge on any atom is -0.496 e. The molecule has 3 aromatic rings. The van der Waals surface area contributed by atoms with Crippen LogP contribution in [0.25, 0.3) is 21.8 Å². The predicted octanol–water partition coefficient (Wildman–Crippen LogP) is 4.62. The highest BCUT2D eigenvalue weighted by molar-refractivity contribution is 7.13. The lowest BCUT2D eigenvalue weighted by Gasteiger charge is -2.05.